The molecule has 1 amide bonds. The number of hydrogen-bond donors (Lipinski definition) is 3. The van der Waals surface area contributed by atoms with Crippen molar-refractivity contribution in [2.45, 2.75) is 0 Å². The van der Waals surface area contributed by atoms with E-state index in [1.807, 2.05) is 24.3 Å². The van der Waals surface area contributed by atoms with Crippen molar-refractivity contribution in [3.05, 3.63) is 60.2 Å². The third-order valence-electron chi connectivity index (χ3n) is 2.93. The van der Waals surface area contributed by atoms with Gasteiger partial charge in [-0.05, 0) is 48.1 Å². The van der Waals surface area contributed by atoms with Gasteiger partial charge >= 0.3 is 0 Å². The molecule has 0 atom stereocenters. The topological polar surface area (TPSA) is 70.6 Å². The van der Waals surface area contributed by atoms with E-state index in [0.29, 0.717) is 5.69 Å². The van der Waals surface area contributed by atoms with E-state index < -0.39 is 0 Å². The van der Waals surface area contributed by atoms with Crippen molar-refractivity contribution in [3.63, 3.8) is 0 Å². The SMILES string of the molecule is COc1ccc(/C=C/C(=O)NC(=S)Nc2ccccc2O)cc1. The molecule has 0 bridgehead atoms. The van der Waals surface area contributed by atoms with Crippen molar-refractivity contribution in [2.75, 3.05) is 12.4 Å². The number of phenols is 1. The van der Waals surface area contributed by atoms with Gasteiger partial charge in [-0.15, -0.1) is 0 Å². The molecule has 0 aliphatic rings. The summed E-state index contributed by atoms with van der Waals surface area (Å²) in [6, 6.07) is 13.9. The van der Waals surface area contributed by atoms with Gasteiger partial charge in [-0.25, -0.2) is 0 Å². The lowest BCUT2D eigenvalue weighted by atomic mass is 10.2. The van der Waals surface area contributed by atoms with Crippen LogP contribution in [0.2, 0.25) is 0 Å². The first-order chi connectivity index (χ1) is 11.1. The quantitative estimate of drug-likeness (QED) is 0.457. The van der Waals surface area contributed by atoms with E-state index in [4.69, 9.17) is 17.0 Å². The van der Waals surface area contributed by atoms with Gasteiger partial charge < -0.3 is 15.2 Å². The van der Waals surface area contributed by atoms with E-state index >= 15 is 0 Å². The molecule has 3 N–H and O–H groups in total. The van der Waals surface area contributed by atoms with E-state index in [0.717, 1.165) is 11.3 Å². The van der Waals surface area contributed by atoms with Crippen molar-refractivity contribution in [3.8, 4) is 11.5 Å². The molecule has 6 heteroatoms. The maximum absolute atomic E-state index is 11.8. The molecular weight excluding hydrogens is 312 g/mol. The molecule has 2 aromatic rings. The summed E-state index contributed by atoms with van der Waals surface area (Å²) < 4.78 is 5.06. The minimum Gasteiger partial charge on any atom is -0.506 e. The zero-order valence-corrected chi connectivity index (χ0v) is 13.3. The van der Waals surface area contributed by atoms with Crippen LogP contribution < -0.4 is 15.4 Å². The first-order valence-corrected chi connectivity index (χ1v) is 7.21. The van der Waals surface area contributed by atoms with Crippen molar-refractivity contribution < 1.29 is 14.6 Å². The summed E-state index contributed by atoms with van der Waals surface area (Å²) >= 11 is 5.03. The molecule has 0 heterocycles. The van der Waals surface area contributed by atoms with Gasteiger partial charge in [0.1, 0.15) is 11.5 Å². The second-order valence-electron chi connectivity index (χ2n) is 4.57. The number of amides is 1. The summed E-state index contributed by atoms with van der Waals surface area (Å²) in [6.45, 7) is 0. The van der Waals surface area contributed by atoms with E-state index in [9.17, 15) is 9.90 Å². The molecule has 2 aromatic carbocycles. The Morgan fingerprint density at radius 2 is 1.87 bits per heavy atom. The Labute approximate surface area is 139 Å². The molecule has 0 fully saturated rings. The molecule has 118 valence electrons. The van der Waals surface area contributed by atoms with E-state index in [1.54, 1.807) is 31.4 Å². The molecule has 0 unspecified atom stereocenters. The fourth-order valence-electron chi connectivity index (χ4n) is 1.77. The van der Waals surface area contributed by atoms with Crippen LogP contribution in [-0.4, -0.2) is 23.2 Å². The predicted molar refractivity (Wildman–Crippen MR) is 94.5 cm³/mol. The Kier molecular flexibility index (Phi) is 5.71. The Morgan fingerprint density at radius 3 is 2.52 bits per heavy atom. The summed E-state index contributed by atoms with van der Waals surface area (Å²) in [5.41, 5.74) is 1.29. The minimum atomic E-state index is -0.367. The fraction of sp³-hybridized carbons (Fsp3) is 0.0588. The summed E-state index contributed by atoms with van der Waals surface area (Å²) in [6.07, 6.45) is 3.04. The number of ether oxygens (including phenoxy) is 1. The molecule has 0 aliphatic carbocycles. The first kappa shape index (κ1) is 16.5. The number of carbonyl (C=O) groups excluding carboxylic acids is 1. The van der Waals surface area contributed by atoms with Gasteiger partial charge in [0.05, 0.1) is 12.8 Å². The van der Waals surface area contributed by atoms with Gasteiger partial charge in [-0.1, -0.05) is 24.3 Å². The van der Waals surface area contributed by atoms with Crippen molar-refractivity contribution in [1.82, 2.24) is 5.32 Å². The van der Waals surface area contributed by atoms with Crippen molar-refractivity contribution in [1.29, 1.82) is 0 Å². The second kappa shape index (κ2) is 7.95. The average Bonchev–Trinajstić information content (AvgIpc) is 2.55. The lowest BCUT2D eigenvalue weighted by Gasteiger charge is -2.09. The van der Waals surface area contributed by atoms with E-state index in [-0.39, 0.29) is 16.8 Å². The van der Waals surface area contributed by atoms with Crippen LogP contribution in [0.25, 0.3) is 6.08 Å². The number of methoxy groups -OCH3 is 1. The average molecular weight is 328 g/mol. The molecule has 5 nitrogen and oxygen atoms in total. The smallest absolute Gasteiger partial charge is 0.250 e. The maximum Gasteiger partial charge on any atom is 0.250 e. The van der Waals surface area contributed by atoms with Crippen LogP contribution in [0, 0.1) is 0 Å². The number of aromatic hydroxyl groups is 1. The summed E-state index contributed by atoms with van der Waals surface area (Å²) in [5, 5.41) is 15.0. The number of nitrogens with one attached hydrogen (secondary N) is 2. The van der Waals surface area contributed by atoms with Gasteiger partial charge in [0, 0.05) is 6.08 Å². The van der Waals surface area contributed by atoms with Gasteiger partial charge in [0.15, 0.2) is 5.11 Å². The van der Waals surface area contributed by atoms with E-state index in [2.05, 4.69) is 10.6 Å². The molecule has 23 heavy (non-hydrogen) atoms. The lowest BCUT2D eigenvalue weighted by Crippen LogP contribution is -2.32. The first-order valence-electron chi connectivity index (χ1n) is 6.80. The molecule has 2 rings (SSSR count). The van der Waals surface area contributed by atoms with Crippen molar-refractivity contribution in [2.24, 2.45) is 0 Å². The van der Waals surface area contributed by atoms with Gasteiger partial charge in [0.25, 0.3) is 0 Å². The molecule has 0 saturated heterocycles. The third kappa shape index (κ3) is 5.12. The zero-order valence-electron chi connectivity index (χ0n) is 12.4. The number of phenolic OH excluding ortho intramolecular Hbond substituents is 1. The Balaban J connectivity index is 1.89. The number of anilines is 1. The van der Waals surface area contributed by atoms with Crippen LogP contribution in [0.5, 0.6) is 11.5 Å². The number of carbonyl (C=O) groups is 1. The van der Waals surface area contributed by atoms with Gasteiger partial charge in [-0.3, -0.25) is 10.1 Å². The lowest BCUT2D eigenvalue weighted by molar-refractivity contribution is -0.115. The number of thiocarbonyl (C=S) groups is 1. The standard InChI is InChI=1S/C17H16N2O3S/c1-22-13-9-6-12(7-10-13)8-11-16(21)19-17(23)18-14-4-2-3-5-15(14)20/h2-11,20H,1H3,(H2,18,19,21,23)/b11-8+. The summed E-state index contributed by atoms with van der Waals surface area (Å²) in [5.74, 6) is 0.436. The zero-order chi connectivity index (χ0) is 16.7. The predicted octanol–water partition coefficient (Wildman–Crippen LogP) is 2.93. The van der Waals surface area contributed by atoms with Crippen LogP contribution in [-0.2, 0) is 4.79 Å². The van der Waals surface area contributed by atoms with E-state index in [1.165, 1.54) is 12.1 Å². The number of benzene rings is 2. The highest BCUT2D eigenvalue weighted by atomic mass is 32.1. The fourth-order valence-corrected chi connectivity index (χ4v) is 1.98. The molecule has 0 radical (unpaired) electrons. The highest BCUT2D eigenvalue weighted by Gasteiger charge is 2.04. The van der Waals surface area contributed by atoms with Crippen LogP contribution in [0.3, 0.4) is 0 Å². The molecule has 0 aromatic heterocycles. The van der Waals surface area contributed by atoms with Gasteiger partial charge in [-0.2, -0.15) is 0 Å². The minimum absolute atomic E-state index is 0.0536. The number of para-hydroxylation sites is 2. The molecule has 0 aliphatic heterocycles. The monoisotopic (exact) mass is 328 g/mol. The normalized spacial score (nSPS) is 10.3. The van der Waals surface area contributed by atoms with Crippen LogP contribution in [0.4, 0.5) is 5.69 Å². The Morgan fingerprint density at radius 1 is 1.17 bits per heavy atom. The largest absolute Gasteiger partial charge is 0.506 e. The molecule has 0 saturated carbocycles. The van der Waals surface area contributed by atoms with Crippen LogP contribution in [0.15, 0.2) is 54.6 Å². The van der Waals surface area contributed by atoms with Crippen LogP contribution >= 0.6 is 12.2 Å². The van der Waals surface area contributed by atoms with Gasteiger partial charge in [0.2, 0.25) is 5.91 Å². The van der Waals surface area contributed by atoms with Crippen LogP contribution in [0.1, 0.15) is 5.56 Å². The number of rotatable bonds is 4. The second-order valence-corrected chi connectivity index (χ2v) is 4.98. The summed E-state index contributed by atoms with van der Waals surface area (Å²) in [4.78, 5) is 11.8. The molecule has 0 spiro atoms. The third-order valence-corrected chi connectivity index (χ3v) is 3.14. The maximum atomic E-state index is 11.8. The number of hydrogen-bond acceptors (Lipinski definition) is 4. The van der Waals surface area contributed by atoms with Crippen molar-refractivity contribution >= 4 is 35.0 Å². The highest BCUT2D eigenvalue weighted by Crippen LogP contribution is 2.21. The highest BCUT2D eigenvalue weighted by molar-refractivity contribution is 7.80. The molecular formula is C17H16N2O3S. The summed E-state index contributed by atoms with van der Waals surface area (Å²) in [7, 11) is 1.59. The Hall–Kier alpha value is -2.86. The Bertz CT molecular complexity index is 727.